The molecule has 2 amide bonds. The summed E-state index contributed by atoms with van der Waals surface area (Å²) in [5.41, 5.74) is -0.485. The molecule has 12 heteroatoms. The van der Waals surface area contributed by atoms with Crippen molar-refractivity contribution in [2.24, 2.45) is 10.2 Å². The van der Waals surface area contributed by atoms with E-state index in [1.54, 1.807) is 4.90 Å². The van der Waals surface area contributed by atoms with Crippen LogP contribution in [0.5, 0.6) is 0 Å². The van der Waals surface area contributed by atoms with Crippen LogP contribution >= 0.6 is 22.1 Å². The molecular weight excluding hydrogens is 511 g/mol. The van der Waals surface area contributed by atoms with E-state index in [0.29, 0.717) is 13.1 Å². The molecule has 2 aliphatic heterocycles. The van der Waals surface area contributed by atoms with E-state index in [2.05, 4.69) is 16.1 Å². The molecule has 35 heavy (non-hydrogen) atoms. The van der Waals surface area contributed by atoms with Crippen LogP contribution < -0.4 is 4.90 Å². The lowest BCUT2D eigenvalue weighted by Gasteiger charge is -2.34. The maximum atomic E-state index is 15.1. The van der Waals surface area contributed by atoms with E-state index < -0.39 is 36.0 Å². The minimum Gasteiger partial charge on any atom is -0.323 e. The van der Waals surface area contributed by atoms with Gasteiger partial charge in [0.2, 0.25) is 0 Å². The Balaban J connectivity index is 1.59. The first-order valence-electron chi connectivity index (χ1n) is 10.5. The standard InChI is InChI=1S/C23H20ClF5N4OS/c1-35-8-6-32(7-9-35)22(34)33(16-4-5-18(25)17(24)11-16)13-15-3-2-14(10-19(15)26)20-12-21(31-30-20)23(27,28)29/h2-5,10-11H,1,6-9,12-13H2. The molecule has 2 heterocycles. The molecule has 0 saturated carbocycles. The number of alkyl halides is 3. The van der Waals surface area contributed by atoms with Crippen molar-refractivity contribution in [3.63, 3.8) is 0 Å². The Bertz CT molecular complexity index is 1240. The van der Waals surface area contributed by atoms with Crippen LogP contribution in [-0.4, -0.2) is 59.0 Å². The molecule has 1 fully saturated rings. The fourth-order valence-electron chi connectivity index (χ4n) is 3.67. The number of halogens is 6. The van der Waals surface area contributed by atoms with Gasteiger partial charge in [-0.3, -0.25) is 4.90 Å². The third-order valence-corrected chi connectivity index (χ3v) is 7.49. The SMILES string of the molecule is C=S1CCN(C(=O)N(Cc2ccc(C3=NN=C(C(F)(F)F)C3)cc2F)c2ccc(F)c(Cl)c2)CC1. The monoisotopic (exact) mass is 530 g/mol. The van der Waals surface area contributed by atoms with Crippen LogP contribution in [0.2, 0.25) is 5.02 Å². The average Bonchev–Trinajstić information content (AvgIpc) is 3.31. The Hall–Kier alpha value is -2.79. The first-order chi connectivity index (χ1) is 16.5. The van der Waals surface area contributed by atoms with Gasteiger partial charge in [-0.2, -0.15) is 28.8 Å². The van der Waals surface area contributed by atoms with E-state index in [0.717, 1.165) is 23.6 Å². The second kappa shape index (κ2) is 10.1. The molecule has 0 spiro atoms. The maximum Gasteiger partial charge on any atom is 0.431 e. The first kappa shape index (κ1) is 25.3. The lowest BCUT2D eigenvalue weighted by atomic mass is 10.0. The highest BCUT2D eigenvalue weighted by atomic mass is 35.5. The summed E-state index contributed by atoms with van der Waals surface area (Å²) in [4.78, 5) is 16.3. The van der Waals surface area contributed by atoms with Gasteiger partial charge in [0, 0.05) is 47.8 Å². The highest BCUT2D eigenvalue weighted by Crippen LogP contribution is 2.29. The maximum absolute atomic E-state index is 15.1. The molecule has 2 aromatic rings. The number of urea groups is 1. The molecule has 2 aromatic carbocycles. The van der Waals surface area contributed by atoms with Crippen LogP contribution in [-0.2, 0) is 6.54 Å². The lowest BCUT2D eigenvalue weighted by molar-refractivity contribution is -0.0596. The fraction of sp³-hybridized carbons (Fsp3) is 0.304. The van der Waals surface area contributed by atoms with E-state index in [1.165, 1.54) is 29.2 Å². The average molecular weight is 531 g/mol. The topological polar surface area (TPSA) is 48.3 Å². The van der Waals surface area contributed by atoms with Crippen molar-refractivity contribution in [2.75, 3.05) is 29.5 Å². The molecule has 4 rings (SSSR count). The number of hydrogen-bond donors (Lipinski definition) is 0. The molecule has 0 unspecified atom stereocenters. The third-order valence-electron chi connectivity index (χ3n) is 5.68. The predicted octanol–water partition coefficient (Wildman–Crippen LogP) is 5.87. The summed E-state index contributed by atoms with van der Waals surface area (Å²) in [5.74, 6) is 4.15. The quantitative estimate of drug-likeness (QED) is 0.360. The molecule has 186 valence electrons. The summed E-state index contributed by atoms with van der Waals surface area (Å²) >= 11 is 5.93. The van der Waals surface area contributed by atoms with Crippen molar-refractivity contribution >= 4 is 51.1 Å². The molecule has 2 aliphatic rings. The van der Waals surface area contributed by atoms with Gasteiger partial charge in [0.05, 0.1) is 17.3 Å². The molecule has 0 radical (unpaired) electrons. The number of nitrogens with zero attached hydrogens (tertiary/aromatic N) is 4. The van der Waals surface area contributed by atoms with Gasteiger partial charge in [-0.15, -0.1) is 5.10 Å². The van der Waals surface area contributed by atoms with Crippen LogP contribution in [0.4, 0.5) is 32.4 Å². The largest absolute Gasteiger partial charge is 0.431 e. The van der Waals surface area contributed by atoms with Gasteiger partial charge in [0.25, 0.3) is 0 Å². The minimum absolute atomic E-state index is 0.00194. The molecule has 0 bridgehead atoms. The zero-order valence-corrected chi connectivity index (χ0v) is 19.9. The summed E-state index contributed by atoms with van der Waals surface area (Å²) in [6, 6.07) is 7.28. The zero-order chi connectivity index (χ0) is 25.3. The summed E-state index contributed by atoms with van der Waals surface area (Å²) in [6.07, 6.45) is -5.16. The number of anilines is 1. The summed E-state index contributed by atoms with van der Waals surface area (Å²) in [5, 5.41) is 6.50. The molecule has 0 aliphatic carbocycles. The van der Waals surface area contributed by atoms with Crippen molar-refractivity contribution in [2.45, 2.75) is 19.1 Å². The predicted molar refractivity (Wildman–Crippen MR) is 130 cm³/mol. The normalized spacial score (nSPS) is 16.8. The molecule has 0 atom stereocenters. The Kier molecular flexibility index (Phi) is 7.27. The highest BCUT2D eigenvalue weighted by molar-refractivity contribution is 8.14. The van der Waals surface area contributed by atoms with E-state index >= 15 is 4.39 Å². The third kappa shape index (κ3) is 5.72. The number of hydrogen-bond acceptors (Lipinski definition) is 3. The second-order valence-electron chi connectivity index (χ2n) is 8.05. The van der Waals surface area contributed by atoms with Crippen molar-refractivity contribution in [3.8, 4) is 0 Å². The number of amides is 2. The van der Waals surface area contributed by atoms with E-state index in [-0.39, 0.29) is 44.6 Å². The van der Waals surface area contributed by atoms with Crippen molar-refractivity contribution in [1.82, 2.24) is 4.90 Å². The fourth-order valence-corrected chi connectivity index (χ4v) is 5.00. The van der Waals surface area contributed by atoms with Crippen LogP contribution in [0, 0.1) is 11.6 Å². The molecule has 0 aromatic heterocycles. The van der Waals surface area contributed by atoms with Gasteiger partial charge >= 0.3 is 12.2 Å². The zero-order valence-electron chi connectivity index (χ0n) is 18.3. The van der Waals surface area contributed by atoms with Crippen LogP contribution in [0.25, 0.3) is 0 Å². The van der Waals surface area contributed by atoms with E-state index in [4.69, 9.17) is 11.6 Å². The summed E-state index contributed by atoms with van der Waals surface area (Å²) < 4.78 is 67.3. The van der Waals surface area contributed by atoms with Crippen molar-refractivity contribution < 1.29 is 26.7 Å². The van der Waals surface area contributed by atoms with E-state index in [1.807, 2.05) is 0 Å². The van der Waals surface area contributed by atoms with Crippen LogP contribution in [0.1, 0.15) is 17.5 Å². The summed E-state index contributed by atoms with van der Waals surface area (Å²) in [6.45, 7) is 0.773. The molecular formula is C23H20ClF5N4OS. The van der Waals surface area contributed by atoms with Gasteiger partial charge in [0.1, 0.15) is 17.3 Å². The molecule has 5 nitrogen and oxygen atoms in total. The van der Waals surface area contributed by atoms with E-state index in [9.17, 15) is 22.4 Å². The Morgan fingerprint density at radius 2 is 1.80 bits per heavy atom. The van der Waals surface area contributed by atoms with Crippen molar-refractivity contribution in [3.05, 3.63) is 64.2 Å². The first-order valence-corrected chi connectivity index (χ1v) is 12.6. The van der Waals surface area contributed by atoms with Gasteiger partial charge in [-0.1, -0.05) is 29.6 Å². The lowest BCUT2D eigenvalue weighted by Crippen LogP contribution is -2.47. The smallest absolute Gasteiger partial charge is 0.323 e. The number of benzene rings is 2. The number of carbonyl (C=O) groups excluding carboxylic acids is 1. The van der Waals surface area contributed by atoms with Gasteiger partial charge in [-0.25, -0.2) is 13.6 Å². The summed E-state index contributed by atoms with van der Waals surface area (Å²) in [7, 11) is -0.0300. The Labute approximate surface area is 205 Å². The molecule has 1 saturated heterocycles. The van der Waals surface area contributed by atoms with Gasteiger partial charge in [0.15, 0.2) is 0 Å². The minimum atomic E-state index is -4.61. The second-order valence-corrected chi connectivity index (χ2v) is 10.5. The van der Waals surface area contributed by atoms with Crippen LogP contribution in [0.3, 0.4) is 0 Å². The molecule has 0 N–H and O–H groups in total. The number of carbonyl (C=O) groups is 1. The van der Waals surface area contributed by atoms with Gasteiger partial charge in [-0.05, 0) is 24.3 Å². The highest BCUT2D eigenvalue weighted by Gasteiger charge is 2.39. The Morgan fingerprint density at radius 1 is 1.09 bits per heavy atom. The van der Waals surface area contributed by atoms with Gasteiger partial charge < -0.3 is 4.90 Å². The Morgan fingerprint density at radius 3 is 2.40 bits per heavy atom. The van der Waals surface area contributed by atoms with Crippen molar-refractivity contribution in [1.29, 1.82) is 0 Å². The number of rotatable bonds is 4. The van der Waals surface area contributed by atoms with Crippen LogP contribution in [0.15, 0.2) is 46.6 Å².